The molecule has 0 atom stereocenters. The number of rotatable bonds is 5. The van der Waals surface area contributed by atoms with Gasteiger partial charge in [0.2, 0.25) is 0 Å². The van der Waals surface area contributed by atoms with E-state index in [2.05, 4.69) is 37.9 Å². The van der Waals surface area contributed by atoms with Crippen LogP contribution < -0.4 is 5.32 Å². The minimum absolute atomic E-state index is 0.182. The van der Waals surface area contributed by atoms with Crippen molar-refractivity contribution in [1.29, 1.82) is 0 Å². The maximum absolute atomic E-state index is 12.8. The molecule has 2 aromatic heterocycles. The summed E-state index contributed by atoms with van der Waals surface area (Å²) >= 11 is 2.22. The molecule has 3 aromatic rings. The van der Waals surface area contributed by atoms with Crippen molar-refractivity contribution in [2.45, 2.75) is 13.1 Å². The van der Waals surface area contributed by atoms with E-state index in [9.17, 15) is 4.79 Å². The van der Waals surface area contributed by atoms with E-state index in [0.717, 1.165) is 20.6 Å². The first kappa shape index (κ1) is 17.3. The zero-order valence-electron chi connectivity index (χ0n) is 13.5. The van der Waals surface area contributed by atoms with Gasteiger partial charge in [0.05, 0.1) is 24.5 Å². The molecule has 0 unspecified atom stereocenters. The summed E-state index contributed by atoms with van der Waals surface area (Å²) in [5.74, 6) is 0. The van der Waals surface area contributed by atoms with Crippen LogP contribution in [0.1, 0.15) is 11.4 Å². The fourth-order valence-electron chi connectivity index (χ4n) is 2.34. The number of urea groups is 1. The molecule has 0 spiro atoms. The van der Waals surface area contributed by atoms with Crippen LogP contribution in [-0.2, 0) is 13.1 Å². The van der Waals surface area contributed by atoms with Gasteiger partial charge in [0, 0.05) is 21.7 Å². The van der Waals surface area contributed by atoms with Crippen molar-refractivity contribution in [3.63, 3.8) is 0 Å². The minimum Gasteiger partial charge on any atom is -0.313 e. The molecule has 1 N–H and O–H groups in total. The summed E-state index contributed by atoms with van der Waals surface area (Å²) in [6.45, 7) is 0.820. The first-order valence-electron chi connectivity index (χ1n) is 7.82. The number of hydrogen-bond acceptors (Lipinski definition) is 3. The Balaban J connectivity index is 1.78. The molecule has 0 fully saturated rings. The molecule has 25 heavy (non-hydrogen) atoms. The third-order valence-corrected chi connectivity index (χ3v) is 4.19. The largest absolute Gasteiger partial charge is 0.322 e. The number of nitrogens with one attached hydrogen (secondary N) is 1. The average molecular weight is 444 g/mol. The molecule has 6 heteroatoms. The Kier molecular flexibility index (Phi) is 5.95. The molecule has 0 saturated carbocycles. The van der Waals surface area contributed by atoms with Gasteiger partial charge in [0.25, 0.3) is 0 Å². The third kappa shape index (κ3) is 5.25. The van der Waals surface area contributed by atoms with Gasteiger partial charge in [-0.15, -0.1) is 0 Å². The van der Waals surface area contributed by atoms with Crippen molar-refractivity contribution < 1.29 is 4.79 Å². The molecular formula is C19H17IN4O. The lowest BCUT2D eigenvalue weighted by Gasteiger charge is -2.22. The molecule has 126 valence electrons. The van der Waals surface area contributed by atoms with Crippen LogP contribution in [0.15, 0.2) is 73.1 Å². The number of amides is 2. The molecule has 2 amide bonds. The van der Waals surface area contributed by atoms with Gasteiger partial charge in [-0.25, -0.2) is 4.79 Å². The van der Waals surface area contributed by atoms with E-state index in [1.165, 1.54) is 0 Å². The molecule has 1 aromatic carbocycles. The van der Waals surface area contributed by atoms with Crippen molar-refractivity contribution in [1.82, 2.24) is 14.9 Å². The Bertz CT molecular complexity index is 786. The highest BCUT2D eigenvalue weighted by atomic mass is 127. The van der Waals surface area contributed by atoms with Crippen LogP contribution in [-0.4, -0.2) is 20.9 Å². The molecule has 3 rings (SSSR count). The van der Waals surface area contributed by atoms with Crippen LogP contribution in [0.3, 0.4) is 0 Å². The predicted octanol–water partition coefficient (Wildman–Crippen LogP) is 4.32. The lowest BCUT2D eigenvalue weighted by atomic mass is 10.3. The number of anilines is 1. The van der Waals surface area contributed by atoms with Gasteiger partial charge in [0.15, 0.2) is 0 Å². The first-order valence-corrected chi connectivity index (χ1v) is 8.90. The number of hydrogen-bond donors (Lipinski definition) is 1. The summed E-state index contributed by atoms with van der Waals surface area (Å²) < 4.78 is 1.07. The summed E-state index contributed by atoms with van der Waals surface area (Å²) in [7, 11) is 0. The molecule has 0 bridgehead atoms. The summed E-state index contributed by atoms with van der Waals surface area (Å²) in [6.07, 6.45) is 3.46. The van der Waals surface area contributed by atoms with E-state index >= 15 is 0 Å². The second kappa shape index (κ2) is 8.57. The van der Waals surface area contributed by atoms with Crippen molar-refractivity contribution in [2.24, 2.45) is 0 Å². The maximum Gasteiger partial charge on any atom is 0.322 e. The summed E-state index contributed by atoms with van der Waals surface area (Å²) in [5.41, 5.74) is 2.43. The van der Waals surface area contributed by atoms with Crippen molar-refractivity contribution in [2.75, 3.05) is 5.32 Å². The minimum atomic E-state index is -0.182. The van der Waals surface area contributed by atoms with Gasteiger partial charge in [-0.2, -0.15) is 0 Å². The number of carbonyl (C=O) groups excluding carboxylic acids is 1. The molecule has 0 aliphatic rings. The van der Waals surface area contributed by atoms with Gasteiger partial charge < -0.3 is 10.2 Å². The zero-order valence-corrected chi connectivity index (χ0v) is 15.6. The normalized spacial score (nSPS) is 10.3. The van der Waals surface area contributed by atoms with E-state index in [1.54, 1.807) is 17.3 Å². The van der Waals surface area contributed by atoms with Gasteiger partial charge in [-0.3, -0.25) is 9.97 Å². The highest BCUT2D eigenvalue weighted by Gasteiger charge is 2.16. The van der Waals surface area contributed by atoms with E-state index < -0.39 is 0 Å². The number of benzene rings is 1. The average Bonchev–Trinajstić information content (AvgIpc) is 2.63. The third-order valence-electron chi connectivity index (χ3n) is 3.52. The van der Waals surface area contributed by atoms with Gasteiger partial charge in [0.1, 0.15) is 0 Å². The van der Waals surface area contributed by atoms with Gasteiger partial charge in [-0.1, -0.05) is 18.2 Å². The lowest BCUT2D eigenvalue weighted by molar-refractivity contribution is 0.205. The van der Waals surface area contributed by atoms with Gasteiger partial charge >= 0.3 is 6.03 Å². The van der Waals surface area contributed by atoms with Crippen molar-refractivity contribution in [3.05, 3.63) is 88.0 Å². The number of aromatic nitrogens is 2. The topological polar surface area (TPSA) is 58.1 Å². The molecule has 5 nitrogen and oxygen atoms in total. The highest BCUT2D eigenvalue weighted by molar-refractivity contribution is 14.1. The predicted molar refractivity (Wildman–Crippen MR) is 106 cm³/mol. The summed E-state index contributed by atoms with van der Waals surface area (Å²) in [5, 5.41) is 2.95. The molecule has 0 saturated heterocycles. The number of halogens is 1. The van der Waals surface area contributed by atoms with Crippen LogP contribution in [0.2, 0.25) is 0 Å². The summed E-state index contributed by atoms with van der Waals surface area (Å²) in [4.78, 5) is 23.1. The molecule has 0 radical (unpaired) electrons. The molecular weight excluding hydrogens is 427 g/mol. The highest BCUT2D eigenvalue weighted by Crippen LogP contribution is 2.15. The van der Waals surface area contributed by atoms with Crippen LogP contribution in [0.4, 0.5) is 10.5 Å². The maximum atomic E-state index is 12.8. The van der Waals surface area contributed by atoms with E-state index in [1.807, 2.05) is 60.7 Å². The van der Waals surface area contributed by atoms with E-state index in [-0.39, 0.29) is 6.03 Å². The number of carbonyl (C=O) groups is 1. The second-order valence-corrected chi connectivity index (χ2v) is 6.68. The molecule has 0 aliphatic heterocycles. The van der Waals surface area contributed by atoms with Crippen LogP contribution in [0.5, 0.6) is 0 Å². The smallest absolute Gasteiger partial charge is 0.313 e. The zero-order chi connectivity index (χ0) is 17.5. The Morgan fingerprint density at radius 1 is 0.920 bits per heavy atom. The lowest BCUT2D eigenvalue weighted by Crippen LogP contribution is -2.34. The fourth-order valence-corrected chi connectivity index (χ4v) is 2.89. The first-order chi connectivity index (χ1) is 12.2. The van der Waals surface area contributed by atoms with E-state index in [4.69, 9.17) is 0 Å². The standard InChI is InChI=1S/C19H17IN4O/c20-15-6-5-9-16(12-15)23-19(25)24(13-17-7-1-3-10-21-17)14-18-8-2-4-11-22-18/h1-12H,13-14H2,(H,23,25). The van der Waals surface area contributed by atoms with Crippen LogP contribution >= 0.6 is 22.6 Å². The fraction of sp³-hybridized carbons (Fsp3) is 0.105. The monoisotopic (exact) mass is 444 g/mol. The Labute approximate surface area is 160 Å². The molecule has 0 aliphatic carbocycles. The Morgan fingerprint density at radius 2 is 1.56 bits per heavy atom. The Morgan fingerprint density at radius 3 is 2.08 bits per heavy atom. The second-order valence-electron chi connectivity index (χ2n) is 5.44. The quantitative estimate of drug-likeness (QED) is 0.597. The summed E-state index contributed by atoms with van der Waals surface area (Å²) in [6, 6.07) is 18.9. The van der Waals surface area contributed by atoms with Gasteiger partial charge in [-0.05, 0) is 65.1 Å². The van der Waals surface area contributed by atoms with E-state index in [0.29, 0.717) is 13.1 Å². The van der Waals surface area contributed by atoms with Crippen LogP contribution in [0, 0.1) is 3.57 Å². The number of pyridine rings is 2. The Hall–Kier alpha value is -2.48. The van der Waals surface area contributed by atoms with Crippen LogP contribution in [0.25, 0.3) is 0 Å². The SMILES string of the molecule is O=C(Nc1cccc(I)c1)N(Cc1ccccn1)Cc1ccccn1. The number of nitrogens with zero attached hydrogens (tertiary/aromatic N) is 3. The molecule has 2 heterocycles. The van der Waals surface area contributed by atoms with Crippen molar-refractivity contribution in [3.8, 4) is 0 Å². The van der Waals surface area contributed by atoms with Crippen molar-refractivity contribution >= 4 is 34.3 Å².